The highest BCUT2D eigenvalue weighted by atomic mass is 32.2. The Morgan fingerprint density at radius 3 is 2.36 bits per heavy atom. The molecule has 0 aromatic carbocycles. The molecule has 1 saturated carbocycles. The maximum Gasteiger partial charge on any atom is 0.153 e. The first-order valence-electron chi connectivity index (χ1n) is 4.89. The molecule has 0 amide bonds. The highest BCUT2D eigenvalue weighted by Crippen LogP contribution is 2.61. The maximum atomic E-state index is 11.3. The molecule has 1 heterocycles. The third kappa shape index (κ3) is 1.22. The predicted molar refractivity (Wildman–Crippen MR) is 51.5 cm³/mol. The Balaban J connectivity index is 2.27. The normalized spacial score (nSPS) is 50.6. The minimum atomic E-state index is -3.09. The van der Waals surface area contributed by atoms with E-state index >= 15 is 0 Å². The Labute approximate surface area is 83.9 Å². The van der Waals surface area contributed by atoms with Gasteiger partial charge in [0.25, 0.3) is 0 Å². The first-order valence-corrected chi connectivity index (χ1v) is 6.71. The fraction of sp³-hybridized carbons (Fsp3) is 1.00. The topological polar surface area (TPSA) is 74.6 Å². The Morgan fingerprint density at radius 1 is 1.50 bits per heavy atom. The molecule has 1 aliphatic carbocycles. The summed E-state index contributed by atoms with van der Waals surface area (Å²) in [6, 6.07) is 0. The Kier molecular flexibility index (Phi) is 2.01. The summed E-state index contributed by atoms with van der Waals surface area (Å²) in [5.74, 6) is 0.105. The molecule has 0 bridgehead atoms. The maximum absolute atomic E-state index is 11.3. The van der Waals surface area contributed by atoms with Crippen LogP contribution in [0.1, 0.15) is 19.8 Å². The van der Waals surface area contributed by atoms with E-state index < -0.39 is 20.9 Å². The number of sulfone groups is 1. The average molecular weight is 220 g/mol. The standard InChI is InChI=1S/C9H16O4S/c1-7-4-8(7,5-10)9(11)2-3-14(12,13)6-9/h7,10-11H,2-6H2,1H3. The van der Waals surface area contributed by atoms with E-state index in [9.17, 15) is 18.6 Å². The molecule has 0 spiro atoms. The van der Waals surface area contributed by atoms with Crippen molar-refractivity contribution < 1.29 is 18.6 Å². The smallest absolute Gasteiger partial charge is 0.153 e. The Bertz CT molecular complexity index is 346. The molecular weight excluding hydrogens is 204 g/mol. The zero-order chi connectivity index (χ0) is 10.6. The summed E-state index contributed by atoms with van der Waals surface area (Å²) in [5, 5.41) is 19.5. The molecule has 0 aromatic heterocycles. The predicted octanol–water partition coefficient (Wildman–Crippen LogP) is -0.446. The van der Waals surface area contributed by atoms with Gasteiger partial charge in [0.05, 0.1) is 23.7 Å². The van der Waals surface area contributed by atoms with Crippen LogP contribution in [0.4, 0.5) is 0 Å². The van der Waals surface area contributed by atoms with Crippen molar-refractivity contribution in [1.29, 1.82) is 0 Å². The van der Waals surface area contributed by atoms with Gasteiger partial charge in [-0.15, -0.1) is 0 Å². The van der Waals surface area contributed by atoms with Gasteiger partial charge in [0, 0.05) is 5.41 Å². The molecule has 2 rings (SSSR count). The van der Waals surface area contributed by atoms with Crippen LogP contribution in [0.2, 0.25) is 0 Å². The molecule has 3 atom stereocenters. The molecule has 82 valence electrons. The van der Waals surface area contributed by atoms with Gasteiger partial charge in [-0.05, 0) is 18.8 Å². The van der Waals surface area contributed by atoms with Gasteiger partial charge in [0.1, 0.15) is 0 Å². The Hall–Kier alpha value is -0.130. The molecular formula is C9H16O4S. The highest BCUT2D eigenvalue weighted by Gasteiger charge is 2.66. The summed E-state index contributed by atoms with van der Waals surface area (Å²) in [6.45, 7) is 1.83. The van der Waals surface area contributed by atoms with E-state index in [0.29, 0.717) is 0 Å². The second-order valence-electron chi connectivity index (χ2n) is 4.79. The van der Waals surface area contributed by atoms with Crippen LogP contribution in [-0.2, 0) is 9.84 Å². The second-order valence-corrected chi connectivity index (χ2v) is 6.98. The summed E-state index contributed by atoms with van der Waals surface area (Å²) >= 11 is 0. The number of aliphatic hydroxyl groups is 2. The van der Waals surface area contributed by atoms with Crippen LogP contribution in [0.15, 0.2) is 0 Å². The third-order valence-electron chi connectivity index (χ3n) is 3.95. The monoisotopic (exact) mass is 220 g/mol. The fourth-order valence-electron chi connectivity index (χ4n) is 2.73. The summed E-state index contributed by atoms with van der Waals surface area (Å²) in [4.78, 5) is 0. The largest absolute Gasteiger partial charge is 0.396 e. The lowest BCUT2D eigenvalue weighted by Crippen LogP contribution is -2.44. The van der Waals surface area contributed by atoms with Gasteiger partial charge in [-0.3, -0.25) is 0 Å². The first-order chi connectivity index (χ1) is 6.35. The molecule has 3 unspecified atom stereocenters. The van der Waals surface area contributed by atoms with Crippen LogP contribution >= 0.6 is 0 Å². The SMILES string of the molecule is CC1CC1(CO)C1(O)CCS(=O)(=O)C1. The first kappa shape index (κ1) is 10.4. The van der Waals surface area contributed by atoms with Crippen molar-refractivity contribution >= 4 is 9.84 Å². The van der Waals surface area contributed by atoms with Crippen molar-refractivity contribution in [3.8, 4) is 0 Å². The van der Waals surface area contributed by atoms with Crippen molar-refractivity contribution in [3.05, 3.63) is 0 Å². The van der Waals surface area contributed by atoms with Crippen LogP contribution in [0, 0.1) is 11.3 Å². The summed E-state index contributed by atoms with van der Waals surface area (Å²) in [5.41, 5.74) is -1.73. The van der Waals surface area contributed by atoms with Gasteiger partial charge in [-0.25, -0.2) is 8.42 Å². The lowest BCUT2D eigenvalue weighted by molar-refractivity contribution is -0.0409. The van der Waals surface area contributed by atoms with Crippen molar-refractivity contribution in [2.45, 2.75) is 25.4 Å². The molecule has 1 aliphatic heterocycles. The molecule has 0 aromatic rings. The highest BCUT2D eigenvalue weighted by molar-refractivity contribution is 7.91. The van der Waals surface area contributed by atoms with E-state index in [0.717, 1.165) is 6.42 Å². The minimum absolute atomic E-state index is 0.0535. The van der Waals surface area contributed by atoms with Gasteiger partial charge in [-0.2, -0.15) is 0 Å². The van der Waals surface area contributed by atoms with Crippen molar-refractivity contribution in [2.24, 2.45) is 11.3 Å². The number of hydrogen-bond donors (Lipinski definition) is 2. The van der Waals surface area contributed by atoms with Gasteiger partial charge < -0.3 is 10.2 Å². The van der Waals surface area contributed by atoms with Crippen molar-refractivity contribution in [1.82, 2.24) is 0 Å². The Morgan fingerprint density at radius 2 is 2.07 bits per heavy atom. The zero-order valence-corrected chi connectivity index (χ0v) is 9.05. The van der Waals surface area contributed by atoms with E-state index in [2.05, 4.69) is 0 Å². The zero-order valence-electron chi connectivity index (χ0n) is 8.23. The van der Waals surface area contributed by atoms with Crippen molar-refractivity contribution in [2.75, 3.05) is 18.1 Å². The molecule has 5 heteroatoms. The molecule has 2 N–H and O–H groups in total. The van der Waals surface area contributed by atoms with Gasteiger partial charge >= 0.3 is 0 Å². The number of rotatable bonds is 2. The molecule has 4 nitrogen and oxygen atoms in total. The third-order valence-corrected chi connectivity index (χ3v) is 5.69. The second kappa shape index (κ2) is 2.71. The molecule has 2 fully saturated rings. The van der Waals surface area contributed by atoms with Crippen LogP contribution < -0.4 is 0 Å². The van der Waals surface area contributed by atoms with Crippen LogP contribution in [0.3, 0.4) is 0 Å². The number of hydrogen-bond acceptors (Lipinski definition) is 4. The fourth-order valence-corrected chi connectivity index (χ4v) is 4.68. The van der Waals surface area contributed by atoms with Gasteiger partial charge in [0.2, 0.25) is 0 Å². The van der Waals surface area contributed by atoms with Crippen LogP contribution in [-0.4, -0.2) is 42.3 Å². The van der Waals surface area contributed by atoms with E-state index in [-0.39, 0.29) is 30.5 Å². The molecule has 14 heavy (non-hydrogen) atoms. The molecule has 2 aliphatic rings. The molecule has 1 saturated heterocycles. The van der Waals surface area contributed by atoms with Crippen molar-refractivity contribution in [3.63, 3.8) is 0 Å². The van der Waals surface area contributed by atoms with E-state index in [1.807, 2.05) is 6.92 Å². The molecule has 0 radical (unpaired) electrons. The minimum Gasteiger partial charge on any atom is -0.396 e. The van der Waals surface area contributed by atoms with E-state index in [1.165, 1.54) is 0 Å². The lowest BCUT2D eigenvalue weighted by atomic mass is 9.82. The lowest BCUT2D eigenvalue weighted by Gasteiger charge is -2.31. The summed E-state index contributed by atoms with van der Waals surface area (Å²) in [6.07, 6.45) is 1.01. The van der Waals surface area contributed by atoms with E-state index in [1.54, 1.807) is 0 Å². The van der Waals surface area contributed by atoms with E-state index in [4.69, 9.17) is 0 Å². The van der Waals surface area contributed by atoms with Gasteiger partial charge in [0.15, 0.2) is 9.84 Å². The van der Waals surface area contributed by atoms with Crippen LogP contribution in [0.5, 0.6) is 0 Å². The quantitative estimate of drug-likeness (QED) is 0.661. The average Bonchev–Trinajstić information content (AvgIpc) is 2.66. The van der Waals surface area contributed by atoms with Crippen LogP contribution in [0.25, 0.3) is 0 Å². The van der Waals surface area contributed by atoms with Gasteiger partial charge in [-0.1, -0.05) is 6.92 Å². The summed E-state index contributed by atoms with van der Waals surface area (Å²) in [7, 11) is -3.09. The summed E-state index contributed by atoms with van der Waals surface area (Å²) < 4.78 is 22.6. The number of aliphatic hydroxyl groups excluding tert-OH is 1.